The minimum Gasteiger partial charge on any atom is -0.497 e. The molecular weight excluding hydrogens is 528 g/mol. The van der Waals surface area contributed by atoms with Crippen LogP contribution in [0.2, 0.25) is 0 Å². The SMILES string of the molecule is COc1cc(OC)cc(-c2cc3cnc(NCCn4cc(CN=C(N)N)nn4)nc3nc2NC(=O)NC(C)(C)C)c1. The van der Waals surface area contributed by atoms with Crippen LogP contribution in [0.4, 0.5) is 16.6 Å². The number of hydrogen-bond donors (Lipinski definition) is 5. The second kappa shape index (κ2) is 12.3. The number of hydrogen-bond acceptors (Lipinski definition) is 10. The summed E-state index contributed by atoms with van der Waals surface area (Å²) in [6.07, 6.45) is 3.42. The molecule has 0 spiro atoms. The Bertz CT molecular complexity index is 1540. The second-order valence-electron chi connectivity index (χ2n) is 10.1. The highest BCUT2D eigenvalue weighted by atomic mass is 16.5. The van der Waals surface area contributed by atoms with E-state index < -0.39 is 11.6 Å². The molecule has 0 aliphatic carbocycles. The quantitative estimate of drug-likeness (QED) is 0.140. The van der Waals surface area contributed by atoms with Gasteiger partial charge in [0.25, 0.3) is 0 Å². The average Bonchev–Trinajstić information content (AvgIpc) is 3.37. The molecule has 0 aliphatic heterocycles. The largest absolute Gasteiger partial charge is 0.497 e. The summed E-state index contributed by atoms with van der Waals surface area (Å²) < 4.78 is 12.5. The van der Waals surface area contributed by atoms with Gasteiger partial charge in [-0.1, -0.05) is 5.21 Å². The van der Waals surface area contributed by atoms with Crippen LogP contribution in [-0.2, 0) is 13.1 Å². The zero-order chi connectivity index (χ0) is 29.6. The maximum absolute atomic E-state index is 12.8. The maximum atomic E-state index is 12.8. The highest BCUT2D eigenvalue weighted by Gasteiger charge is 2.18. The van der Waals surface area contributed by atoms with Gasteiger partial charge in [-0.25, -0.2) is 19.8 Å². The van der Waals surface area contributed by atoms with Crippen molar-refractivity contribution in [1.29, 1.82) is 0 Å². The van der Waals surface area contributed by atoms with Gasteiger partial charge in [-0.15, -0.1) is 5.10 Å². The molecule has 2 amide bonds. The van der Waals surface area contributed by atoms with E-state index in [0.717, 1.165) is 5.56 Å². The Kier molecular flexibility index (Phi) is 8.65. The number of ether oxygens (including phenoxy) is 2. The molecule has 3 aromatic heterocycles. The van der Waals surface area contributed by atoms with Crippen molar-refractivity contribution in [3.05, 3.63) is 42.4 Å². The van der Waals surface area contributed by atoms with Crippen molar-refractivity contribution < 1.29 is 14.3 Å². The molecule has 4 aromatic rings. The number of carbonyl (C=O) groups is 1. The van der Waals surface area contributed by atoms with Crippen LogP contribution in [0, 0.1) is 0 Å². The van der Waals surface area contributed by atoms with Gasteiger partial charge < -0.3 is 31.6 Å². The molecule has 41 heavy (non-hydrogen) atoms. The van der Waals surface area contributed by atoms with Gasteiger partial charge in [0.05, 0.1) is 33.5 Å². The molecule has 3 heterocycles. The molecule has 15 heteroatoms. The van der Waals surface area contributed by atoms with Crippen molar-refractivity contribution in [2.45, 2.75) is 39.4 Å². The molecule has 0 atom stereocenters. The summed E-state index contributed by atoms with van der Waals surface area (Å²) in [5, 5.41) is 17.7. The molecule has 0 radical (unpaired) electrons. The number of anilines is 2. The van der Waals surface area contributed by atoms with Crippen LogP contribution in [0.1, 0.15) is 26.5 Å². The Morgan fingerprint density at radius 2 is 1.80 bits per heavy atom. The zero-order valence-electron chi connectivity index (χ0n) is 23.6. The fraction of sp³-hybridized carbons (Fsp3) is 0.346. The summed E-state index contributed by atoms with van der Waals surface area (Å²) >= 11 is 0. The Morgan fingerprint density at radius 1 is 1.07 bits per heavy atom. The van der Waals surface area contributed by atoms with Gasteiger partial charge in [-0.05, 0) is 44.5 Å². The highest BCUT2D eigenvalue weighted by molar-refractivity contribution is 5.96. The third-order valence-corrected chi connectivity index (χ3v) is 5.59. The smallest absolute Gasteiger partial charge is 0.320 e. The highest BCUT2D eigenvalue weighted by Crippen LogP contribution is 2.35. The van der Waals surface area contributed by atoms with E-state index in [1.54, 1.807) is 37.4 Å². The van der Waals surface area contributed by atoms with E-state index >= 15 is 0 Å². The van der Waals surface area contributed by atoms with E-state index in [-0.39, 0.29) is 12.5 Å². The molecule has 0 fully saturated rings. The Labute approximate surface area is 236 Å². The predicted molar refractivity (Wildman–Crippen MR) is 156 cm³/mol. The van der Waals surface area contributed by atoms with E-state index in [0.29, 0.717) is 58.6 Å². The van der Waals surface area contributed by atoms with Gasteiger partial charge in [-0.3, -0.25) is 10.00 Å². The Morgan fingerprint density at radius 3 is 2.46 bits per heavy atom. The van der Waals surface area contributed by atoms with Crippen LogP contribution in [0.25, 0.3) is 22.2 Å². The summed E-state index contributed by atoms with van der Waals surface area (Å²) in [6, 6.07) is 6.90. The number of benzene rings is 1. The number of amides is 2. The first-order chi connectivity index (χ1) is 19.5. The van der Waals surface area contributed by atoms with Crippen molar-refractivity contribution in [3.63, 3.8) is 0 Å². The zero-order valence-corrected chi connectivity index (χ0v) is 23.6. The fourth-order valence-corrected chi connectivity index (χ4v) is 3.78. The normalized spacial score (nSPS) is 11.1. The number of carbonyl (C=O) groups excluding carboxylic acids is 1. The molecule has 0 saturated heterocycles. The minimum atomic E-state index is -0.449. The number of methoxy groups -OCH3 is 2. The number of guanidine groups is 1. The van der Waals surface area contributed by atoms with E-state index in [1.165, 1.54) is 0 Å². The van der Waals surface area contributed by atoms with Crippen molar-refractivity contribution in [1.82, 2.24) is 35.3 Å². The lowest BCUT2D eigenvalue weighted by Gasteiger charge is -2.21. The summed E-state index contributed by atoms with van der Waals surface area (Å²) in [5.41, 5.74) is 12.7. The minimum absolute atomic E-state index is 0.00758. The van der Waals surface area contributed by atoms with Crippen molar-refractivity contribution in [2.24, 2.45) is 16.5 Å². The van der Waals surface area contributed by atoms with Crippen LogP contribution >= 0.6 is 0 Å². The summed E-state index contributed by atoms with van der Waals surface area (Å²) in [7, 11) is 3.15. The van der Waals surface area contributed by atoms with Gasteiger partial charge in [0.1, 0.15) is 23.0 Å². The average molecular weight is 563 g/mol. The number of rotatable bonds is 10. The molecule has 0 aliphatic rings. The first-order valence-corrected chi connectivity index (χ1v) is 12.7. The molecule has 15 nitrogen and oxygen atoms in total. The summed E-state index contributed by atoms with van der Waals surface area (Å²) in [5.74, 6) is 1.86. The first kappa shape index (κ1) is 28.8. The number of urea groups is 1. The molecule has 0 bridgehead atoms. The number of aromatic nitrogens is 6. The molecule has 0 unspecified atom stereocenters. The summed E-state index contributed by atoms with van der Waals surface area (Å²) in [6.45, 7) is 6.90. The molecule has 0 saturated carbocycles. The molecule has 7 N–H and O–H groups in total. The number of nitrogens with two attached hydrogens (primary N) is 2. The lowest BCUT2D eigenvalue weighted by molar-refractivity contribution is 0.243. The Hall–Kier alpha value is -5.21. The van der Waals surface area contributed by atoms with Gasteiger partial charge in [0.15, 0.2) is 11.6 Å². The van der Waals surface area contributed by atoms with E-state index in [4.69, 9.17) is 25.9 Å². The topological polar surface area (TPSA) is 205 Å². The third kappa shape index (κ3) is 7.90. The number of aliphatic imine (C=N–C) groups is 1. The number of fused-ring (bicyclic) bond motifs is 1. The number of nitrogens with zero attached hydrogens (tertiary/aromatic N) is 7. The fourth-order valence-electron chi connectivity index (χ4n) is 3.78. The number of pyridine rings is 1. The van der Waals surface area contributed by atoms with Crippen molar-refractivity contribution in [3.8, 4) is 22.6 Å². The third-order valence-electron chi connectivity index (χ3n) is 5.59. The van der Waals surface area contributed by atoms with Gasteiger partial charge in [0.2, 0.25) is 5.95 Å². The lowest BCUT2D eigenvalue weighted by Crippen LogP contribution is -2.43. The van der Waals surface area contributed by atoms with Crippen LogP contribution in [-0.4, -0.2) is 68.2 Å². The number of nitrogens with one attached hydrogen (secondary N) is 3. The van der Waals surface area contributed by atoms with Crippen LogP contribution in [0.5, 0.6) is 11.5 Å². The van der Waals surface area contributed by atoms with Gasteiger partial charge in [-0.2, -0.15) is 4.98 Å². The van der Waals surface area contributed by atoms with E-state index in [9.17, 15) is 4.79 Å². The predicted octanol–water partition coefficient (Wildman–Crippen LogP) is 2.11. The first-order valence-electron chi connectivity index (χ1n) is 12.7. The van der Waals surface area contributed by atoms with Gasteiger partial charge in [0, 0.05) is 35.3 Å². The Balaban J connectivity index is 1.60. The van der Waals surface area contributed by atoms with Crippen molar-refractivity contribution >= 4 is 34.8 Å². The molecule has 4 rings (SSSR count). The monoisotopic (exact) mass is 562 g/mol. The van der Waals surface area contributed by atoms with E-state index in [1.807, 2.05) is 39.0 Å². The molecular formula is C26H34N12O3. The van der Waals surface area contributed by atoms with Crippen LogP contribution in [0.3, 0.4) is 0 Å². The maximum Gasteiger partial charge on any atom is 0.320 e. The lowest BCUT2D eigenvalue weighted by atomic mass is 10.0. The molecule has 1 aromatic carbocycles. The van der Waals surface area contributed by atoms with Crippen LogP contribution < -0.4 is 36.9 Å². The van der Waals surface area contributed by atoms with Crippen LogP contribution in [0.15, 0.2) is 41.7 Å². The molecule has 216 valence electrons. The van der Waals surface area contributed by atoms with Crippen molar-refractivity contribution in [2.75, 3.05) is 31.4 Å². The van der Waals surface area contributed by atoms with Gasteiger partial charge >= 0.3 is 6.03 Å². The second-order valence-corrected chi connectivity index (χ2v) is 10.1. The summed E-state index contributed by atoms with van der Waals surface area (Å²) in [4.78, 5) is 30.4. The van der Waals surface area contributed by atoms with E-state index in [2.05, 4.69) is 41.2 Å². The standard InChI is InChI=1S/C26H34N12O3/c1-26(2,3)35-25(39)34-22-20(15-8-18(40-4)11-19(9-15)41-5)10-16-12-31-24(33-21(16)32-22)29-6-7-38-14-17(36-37-38)13-30-23(27)28/h8-12,14H,6-7,13H2,1-5H3,(H4,27,28,30)(H3,29,31,32,33,34,35,39).